The molecule has 2 N–H and O–H groups in total. The van der Waals surface area contributed by atoms with Gasteiger partial charge in [-0.25, -0.2) is 9.97 Å². The van der Waals surface area contributed by atoms with Gasteiger partial charge in [-0.2, -0.15) is 0 Å². The highest BCUT2D eigenvalue weighted by Crippen LogP contribution is 2.36. The van der Waals surface area contributed by atoms with E-state index in [9.17, 15) is 0 Å². The summed E-state index contributed by atoms with van der Waals surface area (Å²) < 4.78 is 5.35. The van der Waals surface area contributed by atoms with Crippen LogP contribution in [0.4, 0.5) is 5.95 Å². The molecule has 4 fully saturated rings. The summed E-state index contributed by atoms with van der Waals surface area (Å²) in [5.41, 5.74) is 0. The summed E-state index contributed by atoms with van der Waals surface area (Å²) in [5, 5.41) is 7.37. The topological polar surface area (TPSA) is 72.7 Å². The molecule has 9 heteroatoms. The molecule has 32 heavy (non-hydrogen) atoms. The average molecular weight is 456 g/mol. The molecule has 4 atom stereocenters. The van der Waals surface area contributed by atoms with Gasteiger partial charge in [-0.05, 0) is 61.6 Å². The van der Waals surface area contributed by atoms with Crippen molar-refractivity contribution >= 4 is 23.3 Å². The Morgan fingerprint density at radius 1 is 1.09 bits per heavy atom. The predicted octanol–water partition coefficient (Wildman–Crippen LogP) is 1.57. The third kappa shape index (κ3) is 5.22. The van der Waals surface area contributed by atoms with Gasteiger partial charge in [0.2, 0.25) is 5.95 Å². The van der Waals surface area contributed by atoms with Crippen LogP contribution in [0.3, 0.4) is 0 Å². The smallest absolute Gasteiger partial charge is 0.225 e. The maximum absolute atomic E-state index is 5.46. The van der Waals surface area contributed by atoms with Crippen LogP contribution in [-0.2, 0) is 6.54 Å². The van der Waals surface area contributed by atoms with E-state index in [1.165, 1.54) is 32.5 Å². The Morgan fingerprint density at radius 3 is 2.66 bits per heavy atom. The van der Waals surface area contributed by atoms with Gasteiger partial charge in [0.15, 0.2) is 5.11 Å². The summed E-state index contributed by atoms with van der Waals surface area (Å²) in [5.74, 6) is 3.37. The zero-order chi connectivity index (χ0) is 21.8. The highest BCUT2D eigenvalue weighted by Gasteiger charge is 2.40. The average Bonchev–Trinajstić information content (AvgIpc) is 3.37. The second-order valence-electron chi connectivity index (χ2n) is 9.17. The molecule has 4 saturated heterocycles. The molecule has 2 aromatic heterocycles. The van der Waals surface area contributed by atoms with Gasteiger partial charge in [-0.1, -0.05) is 0 Å². The number of anilines is 1. The molecule has 2 bridgehead atoms. The van der Waals surface area contributed by atoms with E-state index in [2.05, 4.69) is 35.3 Å². The molecule has 6 rings (SSSR count). The van der Waals surface area contributed by atoms with Crippen molar-refractivity contribution in [2.45, 2.75) is 25.4 Å². The van der Waals surface area contributed by atoms with Crippen LogP contribution in [0.5, 0.6) is 0 Å². The first-order valence-corrected chi connectivity index (χ1v) is 12.2. The minimum Gasteiger partial charge on any atom is -0.467 e. The fraction of sp³-hybridized carbons (Fsp3) is 0.609. The second-order valence-corrected chi connectivity index (χ2v) is 9.58. The van der Waals surface area contributed by atoms with Crippen LogP contribution in [0.2, 0.25) is 0 Å². The van der Waals surface area contributed by atoms with Crippen molar-refractivity contribution in [2.24, 2.45) is 11.8 Å². The van der Waals surface area contributed by atoms with Gasteiger partial charge in [0.1, 0.15) is 5.76 Å². The highest BCUT2D eigenvalue weighted by molar-refractivity contribution is 7.80. The molecule has 0 aliphatic carbocycles. The third-order valence-electron chi connectivity index (χ3n) is 7.22. The van der Waals surface area contributed by atoms with E-state index in [1.54, 1.807) is 6.26 Å². The van der Waals surface area contributed by atoms with E-state index in [-0.39, 0.29) is 0 Å². The van der Waals surface area contributed by atoms with Gasteiger partial charge in [0.05, 0.1) is 12.8 Å². The molecule has 0 aromatic carbocycles. The number of thiocarbonyl (C=S) groups is 1. The van der Waals surface area contributed by atoms with Crippen molar-refractivity contribution in [3.8, 4) is 0 Å². The maximum Gasteiger partial charge on any atom is 0.225 e. The summed E-state index contributed by atoms with van der Waals surface area (Å²) in [6, 6.07) is 6.31. The van der Waals surface area contributed by atoms with Crippen LogP contribution < -0.4 is 15.5 Å². The fourth-order valence-electron chi connectivity index (χ4n) is 5.44. The molecule has 1 unspecified atom stereocenters. The molecule has 6 heterocycles. The Balaban J connectivity index is 1.04. The molecule has 4 aliphatic rings. The zero-order valence-electron chi connectivity index (χ0n) is 18.5. The summed E-state index contributed by atoms with van der Waals surface area (Å²) in [6.07, 6.45) is 7.95. The van der Waals surface area contributed by atoms with Crippen LogP contribution in [0.1, 0.15) is 18.6 Å². The highest BCUT2D eigenvalue weighted by atomic mass is 32.1. The molecule has 0 spiro atoms. The predicted molar refractivity (Wildman–Crippen MR) is 128 cm³/mol. The number of nitrogens with one attached hydrogen (secondary N) is 2. The van der Waals surface area contributed by atoms with E-state index < -0.39 is 0 Å². The molecule has 4 aliphatic heterocycles. The first kappa shape index (κ1) is 21.6. The van der Waals surface area contributed by atoms with Gasteiger partial charge in [-0.15, -0.1) is 0 Å². The van der Waals surface area contributed by atoms with Crippen LogP contribution in [-0.4, -0.2) is 83.3 Å². The van der Waals surface area contributed by atoms with Crippen LogP contribution >= 0.6 is 12.2 Å². The minimum absolute atomic E-state index is 0.584. The monoisotopic (exact) mass is 455 g/mol. The lowest BCUT2D eigenvalue weighted by Gasteiger charge is -2.51. The van der Waals surface area contributed by atoms with E-state index in [4.69, 9.17) is 16.6 Å². The van der Waals surface area contributed by atoms with E-state index in [0.717, 1.165) is 56.3 Å². The molecule has 0 amide bonds. The van der Waals surface area contributed by atoms with Crippen molar-refractivity contribution in [1.82, 2.24) is 30.4 Å². The summed E-state index contributed by atoms with van der Waals surface area (Å²) in [6.45, 7) is 9.42. The largest absolute Gasteiger partial charge is 0.467 e. The number of nitrogens with zero attached hydrogens (tertiary/aromatic N) is 5. The molecule has 172 valence electrons. The summed E-state index contributed by atoms with van der Waals surface area (Å²) >= 11 is 5.46. The first-order valence-electron chi connectivity index (χ1n) is 11.8. The molecule has 2 aromatic rings. The molecule has 8 nitrogen and oxygen atoms in total. The molecule has 0 radical (unpaired) electrons. The van der Waals surface area contributed by atoms with Crippen molar-refractivity contribution in [3.05, 3.63) is 42.6 Å². The Bertz CT molecular complexity index is 856. The van der Waals surface area contributed by atoms with Crippen molar-refractivity contribution in [3.63, 3.8) is 0 Å². The van der Waals surface area contributed by atoms with Crippen molar-refractivity contribution in [1.29, 1.82) is 0 Å². The fourth-order valence-corrected chi connectivity index (χ4v) is 5.59. The lowest BCUT2D eigenvalue weighted by molar-refractivity contribution is -0.0110. The Hall–Kier alpha value is -2.23. The maximum atomic E-state index is 5.46. The molecule has 0 saturated carbocycles. The van der Waals surface area contributed by atoms with Gasteiger partial charge < -0.3 is 20.0 Å². The van der Waals surface area contributed by atoms with Crippen LogP contribution in [0, 0.1) is 11.8 Å². The number of piperazine rings is 1. The number of hydrogen-bond acceptors (Lipinski definition) is 7. The van der Waals surface area contributed by atoms with Gasteiger partial charge in [0.25, 0.3) is 0 Å². The summed E-state index contributed by atoms with van der Waals surface area (Å²) in [4.78, 5) is 16.4. The zero-order valence-corrected chi connectivity index (χ0v) is 19.3. The standard InChI is InChI=1S/C23H33N7OS/c32-23(27-15-21-3-1-12-31-21)26-14-20-13-18-4-7-30(20)17-19(18)16-28-8-10-29(11-9-28)22-24-5-2-6-25-22/h1-3,5-6,12,18-20H,4,7-11,13-17H2,(H2,26,27,32)/t18-,19+,20+/m1/s1. The molecular formula is C23H33N7OS. The van der Waals surface area contributed by atoms with Crippen LogP contribution in [0.25, 0.3) is 0 Å². The lowest BCUT2D eigenvalue weighted by atomic mass is 9.75. The van der Waals surface area contributed by atoms with E-state index >= 15 is 0 Å². The third-order valence-corrected chi connectivity index (χ3v) is 7.50. The van der Waals surface area contributed by atoms with Crippen molar-refractivity contribution in [2.75, 3.05) is 57.3 Å². The van der Waals surface area contributed by atoms with Crippen LogP contribution in [0.15, 0.2) is 41.3 Å². The number of rotatable bonds is 7. The summed E-state index contributed by atoms with van der Waals surface area (Å²) in [7, 11) is 0. The van der Waals surface area contributed by atoms with Crippen molar-refractivity contribution < 1.29 is 4.42 Å². The van der Waals surface area contributed by atoms with E-state index in [0.29, 0.717) is 17.7 Å². The Morgan fingerprint density at radius 2 is 1.94 bits per heavy atom. The Labute approximate surface area is 195 Å². The number of furan rings is 1. The normalized spacial score (nSPS) is 27.9. The first-order chi connectivity index (χ1) is 15.7. The lowest BCUT2D eigenvalue weighted by Crippen LogP contribution is -2.59. The van der Waals surface area contributed by atoms with Gasteiger partial charge >= 0.3 is 0 Å². The number of hydrogen-bond donors (Lipinski definition) is 2. The second kappa shape index (κ2) is 10.1. The Kier molecular flexibility index (Phi) is 6.85. The quantitative estimate of drug-likeness (QED) is 0.605. The van der Waals surface area contributed by atoms with E-state index in [1.807, 2.05) is 30.6 Å². The SMILES string of the molecule is S=C(NCc1ccco1)NC[C@@H]1C[C@H]2CCN1C[C@@H]2CN1CCN(c2ncccn2)CC1. The van der Waals surface area contributed by atoms with Gasteiger partial charge in [0, 0.05) is 64.2 Å². The molecular weight excluding hydrogens is 422 g/mol. The number of piperidine rings is 3. The van der Waals surface area contributed by atoms with Gasteiger partial charge in [-0.3, -0.25) is 9.80 Å². The number of fused-ring (bicyclic) bond motifs is 3. The number of aromatic nitrogens is 2. The minimum atomic E-state index is 0.584.